The molecule has 2 aliphatic rings. The van der Waals surface area contributed by atoms with E-state index in [1.807, 2.05) is 70.5 Å². The molecule has 3 aromatic rings. The zero-order valence-corrected chi connectivity index (χ0v) is 21.0. The number of hydrogen-bond acceptors (Lipinski definition) is 4. The van der Waals surface area contributed by atoms with Gasteiger partial charge in [-0.25, -0.2) is 0 Å². The fraction of sp³-hybridized carbons (Fsp3) is 0.286. The first-order valence-corrected chi connectivity index (χ1v) is 13.4. The lowest BCUT2D eigenvalue weighted by atomic mass is 10.1. The SMILES string of the molecule is O=C(c1ccc([C@H]2SCC(=O)N2CCc2ccccc2)cc1)N1CCN(c2cccc(Cl)c2)CC1. The third kappa shape index (κ3) is 5.49. The molecule has 5 nitrogen and oxygen atoms in total. The van der Waals surface area contributed by atoms with Crippen LogP contribution in [0.2, 0.25) is 5.02 Å². The Bertz CT molecular complexity index is 1180. The van der Waals surface area contributed by atoms with Crippen LogP contribution in [0.3, 0.4) is 0 Å². The number of anilines is 1. The first-order chi connectivity index (χ1) is 17.1. The molecule has 0 N–H and O–H groups in total. The van der Waals surface area contributed by atoms with Crippen molar-refractivity contribution >= 4 is 40.9 Å². The van der Waals surface area contributed by atoms with Gasteiger partial charge in [0.2, 0.25) is 5.91 Å². The van der Waals surface area contributed by atoms with E-state index in [2.05, 4.69) is 23.1 Å². The Morgan fingerprint density at radius 2 is 1.66 bits per heavy atom. The molecule has 0 unspecified atom stereocenters. The molecule has 2 saturated heterocycles. The van der Waals surface area contributed by atoms with Gasteiger partial charge in [0.1, 0.15) is 5.37 Å². The number of halogens is 1. The van der Waals surface area contributed by atoms with Gasteiger partial charge < -0.3 is 14.7 Å². The highest BCUT2D eigenvalue weighted by Gasteiger charge is 2.32. The van der Waals surface area contributed by atoms with Gasteiger partial charge in [0, 0.05) is 49.0 Å². The number of amides is 2. The van der Waals surface area contributed by atoms with Gasteiger partial charge in [-0.1, -0.05) is 60.1 Å². The van der Waals surface area contributed by atoms with Crippen molar-refractivity contribution in [2.45, 2.75) is 11.8 Å². The maximum absolute atomic E-state index is 13.1. The Morgan fingerprint density at radius 1 is 0.914 bits per heavy atom. The maximum atomic E-state index is 13.1. The summed E-state index contributed by atoms with van der Waals surface area (Å²) in [5, 5.41) is 0.721. The third-order valence-corrected chi connectivity index (χ3v) is 8.13. The predicted molar refractivity (Wildman–Crippen MR) is 143 cm³/mol. The molecule has 0 radical (unpaired) electrons. The quantitative estimate of drug-likeness (QED) is 0.466. The zero-order valence-electron chi connectivity index (χ0n) is 19.5. The van der Waals surface area contributed by atoms with Crippen molar-refractivity contribution in [3.05, 3.63) is 101 Å². The molecule has 1 atom stereocenters. The molecule has 2 amide bonds. The van der Waals surface area contributed by atoms with Crippen molar-refractivity contribution in [2.24, 2.45) is 0 Å². The fourth-order valence-electron chi connectivity index (χ4n) is 4.68. The standard InChI is InChI=1S/C28H28ClN3O2S/c29-24-7-4-8-25(19-24)30-15-17-31(18-16-30)27(34)22-9-11-23(12-10-22)28-32(26(33)20-35-28)14-13-21-5-2-1-3-6-21/h1-12,19,28H,13-18,20H2/t28-/m1/s1. The zero-order chi connectivity index (χ0) is 24.2. The first kappa shape index (κ1) is 23.8. The van der Waals surface area contributed by atoms with E-state index >= 15 is 0 Å². The van der Waals surface area contributed by atoms with Gasteiger partial charge in [-0.15, -0.1) is 11.8 Å². The highest BCUT2D eigenvalue weighted by molar-refractivity contribution is 8.00. The Kier molecular flexibility index (Phi) is 7.30. The Morgan fingerprint density at radius 3 is 2.37 bits per heavy atom. The monoisotopic (exact) mass is 505 g/mol. The van der Waals surface area contributed by atoms with E-state index in [1.54, 1.807) is 11.8 Å². The van der Waals surface area contributed by atoms with Gasteiger partial charge in [-0.3, -0.25) is 9.59 Å². The molecule has 0 saturated carbocycles. The second-order valence-corrected chi connectivity index (χ2v) is 10.4. The van der Waals surface area contributed by atoms with Crippen molar-refractivity contribution in [1.29, 1.82) is 0 Å². The fourth-order valence-corrected chi connectivity index (χ4v) is 6.08. The highest BCUT2D eigenvalue weighted by atomic mass is 35.5. The summed E-state index contributed by atoms with van der Waals surface area (Å²) in [7, 11) is 0. The average Bonchev–Trinajstić information content (AvgIpc) is 3.28. The summed E-state index contributed by atoms with van der Waals surface area (Å²) in [6.07, 6.45) is 0.835. The number of piperazine rings is 1. The van der Waals surface area contributed by atoms with Crippen LogP contribution in [0.25, 0.3) is 0 Å². The predicted octanol–water partition coefficient (Wildman–Crippen LogP) is 5.12. The van der Waals surface area contributed by atoms with E-state index < -0.39 is 0 Å². The van der Waals surface area contributed by atoms with E-state index in [4.69, 9.17) is 11.6 Å². The van der Waals surface area contributed by atoms with E-state index in [0.717, 1.165) is 35.8 Å². The summed E-state index contributed by atoms with van der Waals surface area (Å²) < 4.78 is 0. The van der Waals surface area contributed by atoms with Gasteiger partial charge in [0.25, 0.3) is 5.91 Å². The number of carbonyl (C=O) groups excluding carboxylic acids is 2. The van der Waals surface area contributed by atoms with Gasteiger partial charge in [0.15, 0.2) is 0 Å². The van der Waals surface area contributed by atoms with Crippen LogP contribution in [0.1, 0.15) is 26.9 Å². The maximum Gasteiger partial charge on any atom is 0.253 e. The molecular weight excluding hydrogens is 478 g/mol. The van der Waals surface area contributed by atoms with Crippen LogP contribution in [-0.4, -0.2) is 60.1 Å². The molecule has 2 fully saturated rings. The number of rotatable bonds is 6. The summed E-state index contributed by atoms with van der Waals surface area (Å²) >= 11 is 7.79. The summed E-state index contributed by atoms with van der Waals surface area (Å²) in [5.41, 5.74) is 4.08. The molecule has 2 heterocycles. The van der Waals surface area contributed by atoms with E-state index in [-0.39, 0.29) is 17.2 Å². The van der Waals surface area contributed by atoms with E-state index in [9.17, 15) is 9.59 Å². The van der Waals surface area contributed by atoms with Gasteiger partial charge >= 0.3 is 0 Å². The Balaban J connectivity index is 1.20. The van der Waals surface area contributed by atoms with Crippen molar-refractivity contribution < 1.29 is 9.59 Å². The molecule has 0 aliphatic carbocycles. The number of carbonyl (C=O) groups is 2. The third-order valence-electron chi connectivity index (χ3n) is 6.64. The molecule has 0 bridgehead atoms. The molecule has 2 aliphatic heterocycles. The lowest BCUT2D eigenvalue weighted by Gasteiger charge is -2.36. The summed E-state index contributed by atoms with van der Waals surface area (Å²) in [6, 6.07) is 25.9. The van der Waals surface area contributed by atoms with E-state index in [0.29, 0.717) is 31.0 Å². The largest absolute Gasteiger partial charge is 0.368 e. The van der Waals surface area contributed by atoms with Crippen LogP contribution in [0.15, 0.2) is 78.9 Å². The summed E-state index contributed by atoms with van der Waals surface area (Å²) in [4.78, 5) is 31.8. The molecule has 5 rings (SSSR count). The minimum Gasteiger partial charge on any atom is -0.368 e. The molecular formula is C28H28ClN3O2S. The molecule has 35 heavy (non-hydrogen) atoms. The minimum atomic E-state index is -0.00314. The number of hydrogen-bond donors (Lipinski definition) is 0. The summed E-state index contributed by atoms with van der Waals surface area (Å²) in [5.74, 6) is 0.726. The van der Waals surface area contributed by atoms with Gasteiger partial charge in [-0.2, -0.15) is 0 Å². The molecule has 3 aromatic carbocycles. The van der Waals surface area contributed by atoms with Crippen LogP contribution in [0, 0.1) is 0 Å². The Labute approximate surface area is 215 Å². The molecule has 0 aromatic heterocycles. The normalized spacial score (nSPS) is 18.3. The van der Waals surface area contributed by atoms with Gasteiger partial charge in [0.05, 0.1) is 5.75 Å². The molecule has 180 valence electrons. The van der Waals surface area contributed by atoms with Crippen LogP contribution < -0.4 is 4.90 Å². The van der Waals surface area contributed by atoms with Crippen molar-refractivity contribution in [2.75, 3.05) is 43.4 Å². The van der Waals surface area contributed by atoms with Crippen molar-refractivity contribution in [3.8, 4) is 0 Å². The lowest BCUT2D eigenvalue weighted by molar-refractivity contribution is -0.128. The minimum absolute atomic E-state index is 0.00314. The molecule has 7 heteroatoms. The number of nitrogens with zero attached hydrogens (tertiary/aromatic N) is 3. The molecule has 0 spiro atoms. The Hall–Kier alpha value is -2.96. The van der Waals surface area contributed by atoms with Crippen LogP contribution >= 0.6 is 23.4 Å². The van der Waals surface area contributed by atoms with E-state index in [1.165, 1.54) is 5.56 Å². The second-order valence-electron chi connectivity index (χ2n) is 8.87. The van der Waals surface area contributed by atoms with Crippen LogP contribution in [0.4, 0.5) is 5.69 Å². The van der Waals surface area contributed by atoms with Crippen molar-refractivity contribution in [3.63, 3.8) is 0 Å². The lowest BCUT2D eigenvalue weighted by Crippen LogP contribution is -2.48. The topological polar surface area (TPSA) is 43.9 Å². The van der Waals surface area contributed by atoms with Gasteiger partial charge in [-0.05, 0) is 47.9 Å². The van der Waals surface area contributed by atoms with Crippen molar-refractivity contribution in [1.82, 2.24) is 9.80 Å². The second kappa shape index (κ2) is 10.8. The number of benzene rings is 3. The highest BCUT2D eigenvalue weighted by Crippen LogP contribution is 2.38. The van der Waals surface area contributed by atoms with Crippen LogP contribution in [-0.2, 0) is 11.2 Å². The first-order valence-electron chi connectivity index (χ1n) is 11.9. The van der Waals surface area contributed by atoms with Crippen LogP contribution in [0.5, 0.6) is 0 Å². The number of thioether (sulfide) groups is 1. The smallest absolute Gasteiger partial charge is 0.253 e. The summed E-state index contributed by atoms with van der Waals surface area (Å²) in [6.45, 7) is 3.60. The average molecular weight is 506 g/mol.